The predicted octanol–water partition coefficient (Wildman–Crippen LogP) is -5.12. The fourth-order valence-corrected chi connectivity index (χ4v) is 8.87. The van der Waals surface area contributed by atoms with E-state index in [2.05, 4.69) is 22.0 Å². The Bertz CT molecular complexity index is 2120. The summed E-state index contributed by atoms with van der Waals surface area (Å²) in [6, 6.07) is 1.88. The van der Waals surface area contributed by atoms with Crippen LogP contribution in [0.3, 0.4) is 0 Å². The number of aromatic nitrogens is 4. The molecule has 2 aromatic heterocycles. The van der Waals surface area contributed by atoms with Crippen LogP contribution in [0.4, 0.5) is 0 Å². The molecule has 2 fully saturated rings. The molecule has 0 amide bonds. The number of ether oxygens (including phenoxy) is 2. The van der Waals surface area contributed by atoms with E-state index in [0.29, 0.717) is 4.57 Å². The highest BCUT2D eigenvalue weighted by Crippen LogP contribution is 2.66. The van der Waals surface area contributed by atoms with E-state index in [1.54, 1.807) is 0 Å². The van der Waals surface area contributed by atoms with Gasteiger partial charge in [-0.15, -0.1) is 0 Å². The summed E-state index contributed by atoms with van der Waals surface area (Å²) in [5, 5.41) is 39.7. The van der Waals surface area contributed by atoms with Gasteiger partial charge in [0.15, 0.2) is 12.5 Å². The maximum absolute atomic E-state index is 11.7. The van der Waals surface area contributed by atoms with Crippen molar-refractivity contribution in [3.8, 4) is 0 Å². The van der Waals surface area contributed by atoms with Crippen molar-refractivity contribution in [2.75, 3.05) is 13.2 Å². The van der Waals surface area contributed by atoms with Gasteiger partial charge in [-0.25, -0.2) is 32.4 Å². The maximum atomic E-state index is 11.7. The molecular formula is C18H29N4O27P5. The van der Waals surface area contributed by atoms with Crippen LogP contribution in [0.15, 0.2) is 43.7 Å². The molecule has 54 heavy (non-hydrogen) atoms. The third kappa shape index (κ3) is 13.5. The second-order valence-corrected chi connectivity index (χ2v) is 17.6. The first kappa shape index (κ1) is 46.2. The Balaban J connectivity index is 0.000000294. The molecule has 0 radical (unpaired) electrons. The Kier molecular flexibility index (Phi) is 15.0. The zero-order chi connectivity index (χ0) is 41.2. The van der Waals surface area contributed by atoms with Gasteiger partial charge in [0.25, 0.3) is 11.1 Å². The summed E-state index contributed by atoms with van der Waals surface area (Å²) >= 11 is 0. The van der Waals surface area contributed by atoms with Gasteiger partial charge in [-0.1, -0.05) is 0 Å². The Labute approximate surface area is 295 Å². The molecule has 0 aromatic carbocycles. The van der Waals surface area contributed by atoms with Gasteiger partial charge >= 0.3 is 50.5 Å². The normalized spacial score (nSPS) is 29.4. The number of rotatable bonds is 14. The van der Waals surface area contributed by atoms with Gasteiger partial charge in [0, 0.05) is 24.5 Å². The first-order valence-corrected chi connectivity index (χ1v) is 21.2. The molecular weight excluding hydrogens is 859 g/mol. The minimum absolute atomic E-state index is 0.704. The summed E-state index contributed by atoms with van der Waals surface area (Å²) in [4.78, 5) is 111. The first-order chi connectivity index (χ1) is 24.5. The van der Waals surface area contributed by atoms with E-state index in [0.717, 1.165) is 29.1 Å². The molecule has 0 spiro atoms. The Morgan fingerprint density at radius 3 is 1.22 bits per heavy atom. The molecule has 7 unspecified atom stereocenters. The lowest BCUT2D eigenvalue weighted by atomic mass is 10.1. The molecule has 2 saturated heterocycles. The molecule has 2 aromatic rings. The van der Waals surface area contributed by atoms with E-state index >= 15 is 0 Å². The van der Waals surface area contributed by atoms with Gasteiger partial charge in [0.1, 0.15) is 36.6 Å². The van der Waals surface area contributed by atoms with Crippen LogP contribution in [0.2, 0.25) is 0 Å². The van der Waals surface area contributed by atoms with Gasteiger partial charge in [0.05, 0.1) is 13.2 Å². The zero-order valence-electron chi connectivity index (χ0n) is 25.9. The number of hydrogen-bond donors (Lipinski definition) is 13. The van der Waals surface area contributed by atoms with Gasteiger partial charge in [-0.3, -0.25) is 37.7 Å². The van der Waals surface area contributed by atoms with Crippen LogP contribution in [-0.2, 0) is 54.3 Å². The number of hydrogen-bond acceptors (Lipinski definition) is 20. The molecule has 0 bridgehead atoms. The molecule has 2 aliphatic rings. The predicted molar refractivity (Wildman–Crippen MR) is 163 cm³/mol. The average molecular weight is 888 g/mol. The van der Waals surface area contributed by atoms with Gasteiger partial charge in [-0.2, -0.15) is 12.9 Å². The lowest BCUT2D eigenvalue weighted by molar-refractivity contribution is -0.0542. The molecule has 0 saturated carbocycles. The summed E-state index contributed by atoms with van der Waals surface area (Å²) in [7, 11) is -27.3. The average Bonchev–Trinajstić information content (AvgIpc) is 3.42. The third-order valence-electron chi connectivity index (χ3n) is 6.35. The number of phosphoric acid groups is 5. The highest BCUT2D eigenvalue weighted by Gasteiger charge is 2.48. The van der Waals surface area contributed by atoms with Crippen LogP contribution < -0.4 is 22.5 Å². The molecule has 2 aliphatic heterocycles. The first-order valence-electron chi connectivity index (χ1n) is 13.7. The number of H-pyrrole nitrogens is 2. The molecule has 11 atom stereocenters. The number of aliphatic hydroxyl groups excluding tert-OH is 4. The molecule has 36 heteroatoms. The largest absolute Gasteiger partial charge is 0.490 e. The summed E-state index contributed by atoms with van der Waals surface area (Å²) in [5.41, 5.74) is -3.39. The van der Waals surface area contributed by atoms with Crippen molar-refractivity contribution < 1.29 is 109 Å². The quantitative estimate of drug-likeness (QED) is 0.0789. The lowest BCUT2D eigenvalue weighted by Crippen LogP contribution is -2.37. The molecule has 13 N–H and O–H groups in total. The van der Waals surface area contributed by atoms with E-state index in [-0.39, 0.29) is 0 Å². The minimum Gasteiger partial charge on any atom is -0.387 e. The van der Waals surface area contributed by atoms with Crippen molar-refractivity contribution in [1.82, 2.24) is 19.1 Å². The standard InChI is InChI=1S/C9H15N2O15P3.C9H14N2O12P2/c12-5-1-2-11(9(15)10-5)8-7(14)6(13)4(24-8)3-23-28(19,20)26-29(21,22)25-27(16,17)18;12-5-1-2-11(9(15)10-5)8-7(14)6(13)4(22-8)3-21-25(19,20)23-24(16,17)18/h1-2,4,6-8,13-14H,3H2,(H,19,20)(H,21,22)(H,10,12,15)(H2,16,17,18);1-2,4,6-8,13-14H,3H2,(H,19,20)(H,10,12,15)(H2,16,17,18)/t2*4-,6?,7?,8-/m11/s1. The zero-order valence-corrected chi connectivity index (χ0v) is 30.4. The number of aromatic amines is 2. The van der Waals surface area contributed by atoms with Crippen molar-refractivity contribution in [3.05, 3.63) is 66.2 Å². The molecule has 31 nitrogen and oxygen atoms in total. The molecule has 4 heterocycles. The van der Waals surface area contributed by atoms with Crippen molar-refractivity contribution >= 4 is 39.1 Å². The Morgan fingerprint density at radius 1 is 0.556 bits per heavy atom. The fraction of sp³-hybridized carbons (Fsp3) is 0.556. The van der Waals surface area contributed by atoms with E-state index < -0.39 is 124 Å². The topological polar surface area (TPSA) is 482 Å². The summed E-state index contributed by atoms with van der Waals surface area (Å²) < 4.78 is 86.2. The molecule has 308 valence electrons. The highest BCUT2D eigenvalue weighted by molar-refractivity contribution is 7.66. The van der Waals surface area contributed by atoms with Crippen LogP contribution in [0.1, 0.15) is 12.5 Å². The van der Waals surface area contributed by atoms with Crippen LogP contribution in [-0.4, -0.2) is 124 Å². The molecule has 0 aliphatic carbocycles. The van der Waals surface area contributed by atoms with Crippen LogP contribution in [0.5, 0.6) is 0 Å². The Morgan fingerprint density at radius 2 is 0.889 bits per heavy atom. The van der Waals surface area contributed by atoms with E-state index in [9.17, 15) is 67.3 Å². The van der Waals surface area contributed by atoms with Gasteiger partial charge in [-0.05, 0) is 0 Å². The monoisotopic (exact) mass is 888 g/mol. The Hall–Kier alpha value is -2.21. The maximum Gasteiger partial charge on any atom is 0.490 e. The number of nitrogens with one attached hydrogen (secondary N) is 2. The van der Waals surface area contributed by atoms with Gasteiger partial charge < -0.3 is 64.2 Å². The number of phosphoric ester groups is 2. The molecule has 4 rings (SSSR count). The van der Waals surface area contributed by atoms with Crippen LogP contribution >= 0.6 is 39.1 Å². The van der Waals surface area contributed by atoms with Crippen molar-refractivity contribution in [1.29, 1.82) is 0 Å². The summed E-state index contributed by atoms with van der Waals surface area (Å²) in [5.74, 6) is 0. The van der Waals surface area contributed by atoms with E-state index in [4.69, 9.17) is 38.8 Å². The third-order valence-corrected chi connectivity index (χ3v) is 12.3. The summed E-state index contributed by atoms with van der Waals surface area (Å²) in [6.07, 6.45) is -10.9. The van der Waals surface area contributed by atoms with Crippen molar-refractivity contribution in [2.45, 2.75) is 49.1 Å². The second-order valence-electron chi connectivity index (χ2n) is 10.4. The van der Waals surface area contributed by atoms with Gasteiger partial charge in [0.2, 0.25) is 0 Å². The van der Waals surface area contributed by atoms with Crippen LogP contribution in [0.25, 0.3) is 0 Å². The summed E-state index contributed by atoms with van der Waals surface area (Å²) in [6.45, 7) is -1.95. The van der Waals surface area contributed by atoms with E-state index in [1.807, 2.05) is 9.97 Å². The lowest BCUT2D eigenvalue weighted by Gasteiger charge is -2.19. The second kappa shape index (κ2) is 17.5. The highest BCUT2D eigenvalue weighted by atomic mass is 31.3. The van der Waals surface area contributed by atoms with Crippen molar-refractivity contribution in [3.63, 3.8) is 0 Å². The van der Waals surface area contributed by atoms with E-state index in [1.165, 1.54) is 0 Å². The minimum atomic E-state index is -5.73. The van der Waals surface area contributed by atoms with Crippen molar-refractivity contribution in [2.24, 2.45) is 0 Å². The SMILES string of the molecule is O=c1ccn([C@@H]2O[C@H](COP(=O)(O)OP(=O)(O)O)C(O)C2O)c(=O)[nH]1.O=c1ccn([C@@H]2O[C@H](COP(=O)(O)OP(=O)(O)OP(=O)(O)O)C(O)C2O)c(=O)[nH]1. The number of nitrogens with zero attached hydrogens (tertiary/aromatic N) is 2. The van der Waals surface area contributed by atoms with Crippen LogP contribution in [0, 0.1) is 0 Å². The smallest absolute Gasteiger partial charge is 0.387 e. The number of aliphatic hydroxyl groups is 4. The fourth-order valence-electron chi connectivity index (χ4n) is 4.25.